The minimum atomic E-state index is -0.859. The first kappa shape index (κ1) is 27.7. The van der Waals surface area contributed by atoms with Crippen LogP contribution in [0.15, 0.2) is 85.1 Å². The highest BCUT2D eigenvalue weighted by Crippen LogP contribution is 2.32. The lowest BCUT2D eigenvalue weighted by Crippen LogP contribution is -2.11. The van der Waals surface area contributed by atoms with Gasteiger partial charge in [0, 0.05) is 29.6 Å². The Hall–Kier alpha value is -4.32. The number of carboxylic acids is 1. The average molecular weight is 525 g/mol. The third-order valence-corrected chi connectivity index (χ3v) is 6.91. The Balaban J connectivity index is 1.50. The van der Waals surface area contributed by atoms with E-state index in [9.17, 15) is 9.59 Å². The second-order valence-electron chi connectivity index (χ2n) is 9.82. The number of rotatable bonds is 12. The van der Waals surface area contributed by atoms with Crippen molar-refractivity contribution in [3.63, 3.8) is 0 Å². The number of aryl methyl sites for hydroxylation is 1. The summed E-state index contributed by atoms with van der Waals surface area (Å²) in [7, 11) is 0. The number of aromatic nitrogens is 1. The van der Waals surface area contributed by atoms with Crippen LogP contribution in [0.5, 0.6) is 5.75 Å². The number of hydrogen-bond donors (Lipinski definition) is 2. The summed E-state index contributed by atoms with van der Waals surface area (Å²) < 4.78 is 8.07. The summed E-state index contributed by atoms with van der Waals surface area (Å²) in [5.74, 6) is -0.600. The first-order valence-corrected chi connectivity index (χ1v) is 13.5. The number of nitrogens with zero attached hydrogens (tertiary/aromatic N) is 1. The fourth-order valence-electron chi connectivity index (χ4n) is 4.91. The molecule has 39 heavy (non-hydrogen) atoms. The van der Waals surface area contributed by atoms with Crippen molar-refractivity contribution in [2.75, 3.05) is 11.9 Å². The minimum Gasteiger partial charge on any atom is -0.491 e. The Bertz CT molecular complexity index is 1480. The molecule has 0 aliphatic heterocycles. The molecule has 4 aromatic rings. The molecule has 4 rings (SSSR count). The maximum absolute atomic E-state index is 12.9. The Morgan fingerprint density at radius 1 is 1.05 bits per heavy atom. The summed E-state index contributed by atoms with van der Waals surface area (Å²) in [5.41, 5.74) is 6.20. The van der Waals surface area contributed by atoms with Gasteiger partial charge in [-0.2, -0.15) is 0 Å². The van der Waals surface area contributed by atoms with Gasteiger partial charge >= 0.3 is 5.97 Å². The summed E-state index contributed by atoms with van der Waals surface area (Å²) in [6.45, 7) is 6.58. The zero-order valence-corrected chi connectivity index (χ0v) is 22.8. The van der Waals surface area contributed by atoms with Crippen molar-refractivity contribution in [3.05, 3.63) is 102 Å². The molecule has 0 aliphatic carbocycles. The number of hydrogen-bond acceptors (Lipinski definition) is 3. The molecule has 1 amide bonds. The molecule has 0 saturated heterocycles. The zero-order chi connectivity index (χ0) is 27.8. The van der Waals surface area contributed by atoms with E-state index in [4.69, 9.17) is 9.84 Å². The summed E-state index contributed by atoms with van der Waals surface area (Å²) in [4.78, 5) is 23.6. The van der Waals surface area contributed by atoms with E-state index in [1.54, 1.807) is 18.2 Å². The number of anilines is 1. The molecule has 0 fully saturated rings. The van der Waals surface area contributed by atoms with Gasteiger partial charge in [0.25, 0.3) is 0 Å². The molecule has 1 heterocycles. The van der Waals surface area contributed by atoms with Gasteiger partial charge in [0.1, 0.15) is 5.75 Å². The van der Waals surface area contributed by atoms with Gasteiger partial charge in [-0.05, 0) is 79.3 Å². The van der Waals surface area contributed by atoms with Crippen molar-refractivity contribution in [2.24, 2.45) is 0 Å². The van der Waals surface area contributed by atoms with Crippen LogP contribution in [0.25, 0.3) is 16.5 Å². The predicted octanol–water partition coefficient (Wildman–Crippen LogP) is 7.62. The first-order chi connectivity index (χ1) is 18.9. The van der Waals surface area contributed by atoms with Gasteiger partial charge in [-0.3, -0.25) is 9.59 Å². The van der Waals surface area contributed by atoms with Gasteiger partial charge in [-0.25, -0.2) is 0 Å². The lowest BCUT2D eigenvalue weighted by Gasteiger charge is -2.22. The molecule has 1 unspecified atom stereocenters. The number of carboxylic acid groups (broad SMARTS) is 1. The van der Waals surface area contributed by atoms with Crippen LogP contribution in [0.2, 0.25) is 0 Å². The topological polar surface area (TPSA) is 80.6 Å². The molecule has 0 saturated carbocycles. The van der Waals surface area contributed by atoms with Crippen LogP contribution < -0.4 is 10.1 Å². The van der Waals surface area contributed by atoms with Crippen LogP contribution in [0.4, 0.5) is 5.69 Å². The molecule has 0 bridgehead atoms. The second kappa shape index (κ2) is 13.0. The average Bonchev–Trinajstić information content (AvgIpc) is 3.34. The van der Waals surface area contributed by atoms with Crippen LogP contribution in [0, 0.1) is 6.92 Å². The van der Waals surface area contributed by atoms with E-state index in [1.807, 2.05) is 19.1 Å². The third-order valence-electron chi connectivity index (χ3n) is 6.91. The largest absolute Gasteiger partial charge is 0.491 e. The van der Waals surface area contributed by atoms with E-state index in [-0.39, 0.29) is 25.0 Å². The lowest BCUT2D eigenvalue weighted by atomic mass is 9.97. The van der Waals surface area contributed by atoms with Gasteiger partial charge in [-0.1, -0.05) is 55.8 Å². The molecule has 6 heteroatoms. The summed E-state index contributed by atoms with van der Waals surface area (Å²) in [6, 6.07) is 24.5. The van der Waals surface area contributed by atoms with E-state index in [1.165, 1.54) is 16.6 Å². The molecular weight excluding hydrogens is 488 g/mol. The fraction of sp³-hybridized carbons (Fsp3) is 0.273. The Kier molecular flexibility index (Phi) is 9.21. The quantitative estimate of drug-likeness (QED) is 0.148. The summed E-state index contributed by atoms with van der Waals surface area (Å²) >= 11 is 0. The monoisotopic (exact) mass is 524 g/mol. The molecule has 1 aromatic heterocycles. The highest BCUT2D eigenvalue weighted by molar-refractivity contribution is 6.04. The second-order valence-corrected chi connectivity index (χ2v) is 9.82. The molecule has 0 radical (unpaired) electrons. The zero-order valence-electron chi connectivity index (χ0n) is 22.8. The van der Waals surface area contributed by atoms with E-state index >= 15 is 0 Å². The Morgan fingerprint density at radius 2 is 1.82 bits per heavy atom. The number of allylic oxidation sites excluding steroid dienone is 1. The van der Waals surface area contributed by atoms with Crippen molar-refractivity contribution in [3.8, 4) is 5.75 Å². The number of carbonyl (C=O) groups is 2. The smallest absolute Gasteiger partial charge is 0.303 e. The van der Waals surface area contributed by atoms with Crippen LogP contribution in [0.1, 0.15) is 62.3 Å². The minimum absolute atomic E-state index is 0.0370. The van der Waals surface area contributed by atoms with E-state index < -0.39 is 5.97 Å². The lowest BCUT2D eigenvalue weighted by molar-refractivity contribution is -0.137. The van der Waals surface area contributed by atoms with Crippen LogP contribution in [-0.4, -0.2) is 28.2 Å². The first-order valence-electron chi connectivity index (χ1n) is 13.5. The number of carbonyl (C=O) groups excluding carboxylic acids is 1. The normalized spacial score (nSPS) is 12.3. The third kappa shape index (κ3) is 6.96. The Labute approximate surface area is 229 Å². The van der Waals surface area contributed by atoms with E-state index in [0.29, 0.717) is 17.9 Å². The van der Waals surface area contributed by atoms with Crippen molar-refractivity contribution in [1.82, 2.24) is 4.57 Å². The molecule has 0 spiro atoms. The van der Waals surface area contributed by atoms with E-state index in [2.05, 4.69) is 78.5 Å². The van der Waals surface area contributed by atoms with Gasteiger partial charge in [0.2, 0.25) is 5.91 Å². The predicted molar refractivity (Wildman–Crippen MR) is 157 cm³/mol. The number of aliphatic carboxylic acids is 1. The van der Waals surface area contributed by atoms with Crippen LogP contribution >= 0.6 is 0 Å². The van der Waals surface area contributed by atoms with Crippen molar-refractivity contribution < 1.29 is 19.4 Å². The maximum Gasteiger partial charge on any atom is 0.303 e. The number of para-hydroxylation sites is 2. The number of benzene rings is 3. The SMILES string of the molecule is CCCC(c1ccccc1C)n1ccc2cc(C(C)=CC(=O)Nc3ccccc3OCCCC(=O)O)ccc21. The molecule has 2 N–H and O–H groups in total. The number of nitrogens with one attached hydrogen (secondary N) is 1. The highest BCUT2D eigenvalue weighted by Gasteiger charge is 2.17. The van der Waals surface area contributed by atoms with Gasteiger partial charge < -0.3 is 19.7 Å². The molecule has 3 aromatic carbocycles. The number of amides is 1. The standard InChI is InChI=1S/C33H36N2O4/c1-4-10-30(27-12-6-5-11-23(27)2)35-19-18-26-22-25(16-17-29(26)35)24(3)21-32(36)34-28-13-7-8-14-31(28)39-20-9-15-33(37)38/h5-8,11-14,16-19,21-22,30H,4,9-10,15,20H2,1-3H3,(H,34,36)(H,37,38). The Morgan fingerprint density at radius 3 is 2.59 bits per heavy atom. The summed E-state index contributed by atoms with van der Waals surface area (Å²) in [5, 5.41) is 12.8. The molecular formula is C33H36N2O4. The number of fused-ring (bicyclic) bond motifs is 1. The van der Waals surface area contributed by atoms with Crippen molar-refractivity contribution in [1.29, 1.82) is 0 Å². The van der Waals surface area contributed by atoms with Crippen LogP contribution in [0.3, 0.4) is 0 Å². The van der Waals surface area contributed by atoms with Crippen molar-refractivity contribution >= 4 is 34.0 Å². The number of ether oxygens (including phenoxy) is 1. The molecule has 202 valence electrons. The molecule has 6 nitrogen and oxygen atoms in total. The maximum atomic E-state index is 12.9. The highest BCUT2D eigenvalue weighted by atomic mass is 16.5. The van der Waals surface area contributed by atoms with Gasteiger partial charge in [0.15, 0.2) is 0 Å². The molecule has 0 aliphatic rings. The molecule has 1 atom stereocenters. The summed E-state index contributed by atoms with van der Waals surface area (Å²) in [6.07, 6.45) is 6.33. The van der Waals surface area contributed by atoms with E-state index in [0.717, 1.165) is 29.4 Å². The van der Waals surface area contributed by atoms with Crippen molar-refractivity contribution in [2.45, 2.75) is 52.5 Å². The van der Waals surface area contributed by atoms with Crippen LogP contribution in [-0.2, 0) is 9.59 Å². The fourth-order valence-corrected chi connectivity index (χ4v) is 4.91. The van der Waals surface area contributed by atoms with Gasteiger partial charge in [0.05, 0.1) is 18.3 Å². The van der Waals surface area contributed by atoms with Gasteiger partial charge in [-0.15, -0.1) is 0 Å².